The van der Waals surface area contributed by atoms with Crippen LogP contribution in [0.3, 0.4) is 0 Å². The Morgan fingerprint density at radius 3 is 1.85 bits per heavy atom. The van der Waals surface area contributed by atoms with Crippen LogP contribution in [0.2, 0.25) is 0 Å². The minimum Gasteiger partial charge on any atom is -0.386 e. The quantitative estimate of drug-likeness (QED) is 0.121. The Labute approximate surface area is 261 Å². The summed E-state index contributed by atoms with van der Waals surface area (Å²) in [7, 11) is -9.98. The lowest BCUT2D eigenvalue weighted by Crippen LogP contribution is -2.38. The molecule has 4 aromatic heterocycles. The predicted octanol–water partition coefficient (Wildman–Crippen LogP) is -1.38. The van der Waals surface area contributed by atoms with Gasteiger partial charge >= 0.3 is 15.6 Å². The molecule has 3 aliphatic heterocycles. The summed E-state index contributed by atoms with van der Waals surface area (Å²) in [5.74, 6) is -1.20. The van der Waals surface area contributed by atoms with E-state index in [0.29, 0.717) is 0 Å². The van der Waals surface area contributed by atoms with E-state index in [1.807, 2.05) is 0 Å². The van der Waals surface area contributed by atoms with Crippen molar-refractivity contribution in [3.8, 4) is 0 Å². The second-order valence-electron chi connectivity index (χ2n) is 10.9. The number of H-pyrrole nitrogens is 2. The highest BCUT2D eigenvalue weighted by molar-refractivity contribution is 7.47. The number of anilines is 2. The van der Waals surface area contributed by atoms with E-state index >= 15 is 0 Å². The molecule has 0 spiro atoms. The fourth-order valence-corrected chi connectivity index (χ4v) is 7.92. The highest BCUT2D eigenvalue weighted by atomic mass is 31.2. The van der Waals surface area contributed by atoms with Gasteiger partial charge in [-0.25, -0.2) is 19.1 Å². The predicted molar refractivity (Wildman–Crippen MR) is 154 cm³/mol. The molecule has 25 heteroatoms. The van der Waals surface area contributed by atoms with E-state index in [2.05, 4.69) is 29.9 Å². The van der Waals surface area contributed by atoms with Gasteiger partial charge in [0.25, 0.3) is 11.1 Å². The zero-order valence-corrected chi connectivity index (χ0v) is 25.8. The van der Waals surface area contributed by atoms with Crippen LogP contribution in [-0.4, -0.2) is 97.7 Å². The number of hydrogen-bond acceptors (Lipinski definition) is 17. The van der Waals surface area contributed by atoms with Crippen molar-refractivity contribution in [3.63, 3.8) is 0 Å². The number of nitrogens with one attached hydrogen (secondary N) is 2. The first-order chi connectivity index (χ1) is 22.2. The van der Waals surface area contributed by atoms with Crippen LogP contribution in [0.5, 0.6) is 0 Å². The summed E-state index contributed by atoms with van der Waals surface area (Å²) < 4.78 is 62.4. The lowest BCUT2D eigenvalue weighted by molar-refractivity contribution is -0.0663. The zero-order chi connectivity index (χ0) is 33.4. The second kappa shape index (κ2) is 11.5. The van der Waals surface area contributed by atoms with Crippen molar-refractivity contribution < 1.29 is 51.6 Å². The number of ether oxygens (including phenoxy) is 2. The number of rotatable bonds is 3. The topological polar surface area (TPSA) is 329 Å². The molecule has 3 saturated heterocycles. The molecule has 254 valence electrons. The van der Waals surface area contributed by atoms with E-state index < -0.39 is 88.9 Å². The lowest BCUT2D eigenvalue weighted by atomic mass is 9.97. The van der Waals surface area contributed by atoms with Gasteiger partial charge < -0.3 is 35.8 Å². The van der Waals surface area contributed by atoms with Gasteiger partial charge in [0.15, 0.2) is 28.6 Å². The fraction of sp³-hybridized carbons (Fsp3) is 0.545. The van der Waals surface area contributed by atoms with E-state index in [1.54, 1.807) is 6.92 Å². The van der Waals surface area contributed by atoms with Crippen molar-refractivity contribution in [2.75, 3.05) is 24.7 Å². The maximum absolute atomic E-state index is 13.3. The van der Waals surface area contributed by atoms with E-state index in [4.69, 9.17) is 39.0 Å². The zero-order valence-electron chi connectivity index (χ0n) is 24.1. The summed E-state index contributed by atoms with van der Waals surface area (Å²) in [5, 5.41) is 11.2. The third-order valence-electron chi connectivity index (χ3n) is 8.01. The minimum atomic E-state index is -5.03. The van der Waals surface area contributed by atoms with Gasteiger partial charge in [-0.05, 0) is 6.42 Å². The van der Waals surface area contributed by atoms with Gasteiger partial charge in [-0.15, -0.1) is 0 Å². The maximum Gasteiger partial charge on any atom is 0.472 e. The molecule has 10 atom stereocenters. The van der Waals surface area contributed by atoms with Gasteiger partial charge in [-0.1, -0.05) is 6.92 Å². The molecule has 0 amide bonds. The summed E-state index contributed by atoms with van der Waals surface area (Å²) in [6, 6.07) is 0. The Kier molecular flexibility index (Phi) is 7.84. The van der Waals surface area contributed by atoms with Crippen molar-refractivity contribution >= 4 is 49.9 Å². The van der Waals surface area contributed by atoms with Gasteiger partial charge in [0.2, 0.25) is 11.9 Å². The van der Waals surface area contributed by atoms with Gasteiger partial charge in [0.1, 0.15) is 36.7 Å². The Morgan fingerprint density at radius 1 is 0.851 bits per heavy atom. The van der Waals surface area contributed by atoms with Crippen molar-refractivity contribution in [2.45, 2.75) is 56.3 Å². The number of nitrogens with two attached hydrogens (primary N) is 2. The Morgan fingerprint density at radius 2 is 1.32 bits per heavy atom. The monoisotopic (exact) mass is 702 g/mol. The molecule has 7 rings (SSSR count). The Balaban J connectivity index is 1.19. The Hall–Kier alpha value is -3.60. The number of phosphoric ester groups is 2. The number of nitrogen functional groups attached to an aromatic ring is 2. The maximum atomic E-state index is 13.3. The molecule has 3 aliphatic rings. The van der Waals surface area contributed by atoms with Crippen LogP contribution < -0.4 is 22.6 Å². The molecule has 4 unspecified atom stereocenters. The van der Waals surface area contributed by atoms with Crippen LogP contribution in [0.1, 0.15) is 25.8 Å². The molecule has 0 aromatic carbocycles. The molecule has 3 fully saturated rings. The van der Waals surface area contributed by atoms with Crippen LogP contribution in [0.15, 0.2) is 22.2 Å². The molecule has 0 aliphatic carbocycles. The van der Waals surface area contributed by atoms with Crippen molar-refractivity contribution in [2.24, 2.45) is 5.92 Å². The number of aromatic nitrogens is 8. The molecule has 7 heterocycles. The minimum absolute atomic E-state index is 0.0502. The third kappa shape index (κ3) is 5.68. The first-order valence-electron chi connectivity index (χ1n) is 14.0. The third-order valence-corrected chi connectivity index (χ3v) is 9.98. The normalized spacial score (nSPS) is 36.6. The number of phosphoric acid groups is 2. The van der Waals surface area contributed by atoms with Gasteiger partial charge in [-0.3, -0.25) is 46.8 Å². The number of imidazole rings is 2. The van der Waals surface area contributed by atoms with Crippen LogP contribution in [0.25, 0.3) is 22.3 Å². The lowest BCUT2D eigenvalue weighted by Gasteiger charge is -2.28. The van der Waals surface area contributed by atoms with Crippen molar-refractivity contribution in [3.05, 3.63) is 33.4 Å². The standard InChI is InChI=1S/C22H28N10O13P2/c1-2-7-13-8(42-19(7)31-5-25-10-15(31)27-21(23)29-17(10)34)3-40-47(38,39)45-14-9(4-41-46(36,37)44-13)43-20(12(14)33)32-6-26-11-16(32)28-22(24)30-18(11)35/h5-9,12-14,19-20,33H,2-4H2,1H3,(H,36,37)(H,38,39)(H3,23,27,29,34)(H3,24,28,30,35)/t7-,8+,9-,12-,13?,14?,19+,20+/m0/s1. The summed E-state index contributed by atoms with van der Waals surface area (Å²) in [4.78, 5) is 66.9. The van der Waals surface area contributed by atoms with Gasteiger partial charge in [0, 0.05) is 5.92 Å². The number of aliphatic hydroxyl groups is 1. The molecule has 23 nitrogen and oxygen atoms in total. The average molecular weight is 702 g/mol. The summed E-state index contributed by atoms with van der Waals surface area (Å²) in [5.41, 5.74) is 9.85. The summed E-state index contributed by atoms with van der Waals surface area (Å²) >= 11 is 0. The van der Waals surface area contributed by atoms with Crippen LogP contribution in [0, 0.1) is 5.92 Å². The number of nitrogens with zero attached hydrogens (tertiary/aromatic N) is 6. The highest BCUT2D eigenvalue weighted by Gasteiger charge is 2.53. The molecule has 4 aromatic rings. The van der Waals surface area contributed by atoms with Crippen LogP contribution in [0.4, 0.5) is 11.9 Å². The number of aromatic amines is 2. The molecular weight excluding hydrogens is 674 g/mol. The first-order valence-corrected chi connectivity index (χ1v) is 17.0. The first kappa shape index (κ1) is 32.0. The van der Waals surface area contributed by atoms with E-state index in [1.165, 1.54) is 10.9 Å². The number of hydrogen-bond donors (Lipinski definition) is 7. The van der Waals surface area contributed by atoms with Crippen molar-refractivity contribution in [1.82, 2.24) is 39.0 Å². The number of aliphatic hydroxyl groups excluding tert-OH is 1. The van der Waals surface area contributed by atoms with Crippen LogP contribution >= 0.6 is 15.6 Å². The molecule has 0 saturated carbocycles. The van der Waals surface area contributed by atoms with E-state index in [-0.39, 0.29) is 40.6 Å². The summed E-state index contributed by atoms with van der Waals surface area (Å²) in [6.45, 7) is 0.241. The largest absolute Gasteiger partial charge is 0.472 e. The van der Waals surface area contributed by atoms with E-state index in [9.17, 15) is 33.6 Å². The van der Waals surface area contributed by atoms with Gasteiger partial charge in [0.05, 0.1) is 25.9 Å². The Bertz CT molecular complexity index is 2070. The molecular formula is C22H28N10O13P2. The highest BCUT2D eigenvalue weighted by Crippen LogP contribution is 2.55. The number of fused-ring (bicyclic) bond motifs is 4. The smallest absolute Gasteiger partial charge is 0.386 e. The van der Waals surface area contributed by atoms with Crippen molar-refractivity contribution in [1.29, 1.82) is 0 Å². The summed E-state index contributed by atoms with van der Waals surface area (Å²) in [6.07, 6.45) is -7.26. The van der Waals surface area contributed by atoms with E-state index in [0.717, 1.165) is 10.9 Å². The second-order valence-corrected chi connectivity index (χ2v) is 13.7. The molecule has 9 N–H and O–H groups in total. The average Bonchev–Trinajstić information content (AvgIpc) is 3.75. The SMILES string of the molecule is CC[C@H]1C2OP(=O)(O)OC[C@@H]3O[C@@H](n4cnc5c(=O)[nH]c(N)nc54)[C@@H](O)C3OP(=O)(O)OC[C@H]2O[C@H]1n1cnc2c(=O)[nH]c(N)nc21. The van der Waals surface area contributed by atoms with Crippen LogP contribution in [-0.2, 0) is 36.7 Å². The molecule has 47 heavy (non-hydrogen) atoms. The molecule has 0 radical (unpaired) electrons. The fourth-order valence-electron chi connectivity index (χ4n) is 5.96. The molecule has 0 bridgehead atoms. The van der Waals surface area contributed by atoms with Gasteiger partial charge in [-0.2, -0.15) is 9.97 Å².